The van der Waals surface area contributed by atoms with Gasteiger partial charge in [0.05, 0.1) is 44.9 Å². The van der Waals surface area contributed by atoms with Gasteiger partial charge in [-0.05, 0) is 54.7 Å². The SMILES string of the molecule is NC1CCN(c2ncc(Nc3c(C(=O)C4CC4)cnc4ccc(-c5cc(Cl)c(O)c(Cl)c5)cc34)cn2)C1. The average Bonchev–Trinajstić information content (AvgIpc) is 3.67. The normalized spacial score (nSPS) is 17.4. The van der Waals surface area contributed by atoms with Crippen molar-refractivity contribution in [2.24, 2.45) is 11.7 Å². The molecule has 1 aliphatic heterocycles. The first-order chi connectivity index (χ1) is 17.9. The molecular formula is C27H24Cl2N6O2. The van der Waals surface area contributed by atoms with Crippen LogP contribution in [0.3, 0.4) is 0 Å². The van der Waals surface area contributed by atoms with E-state index in [1.54, 1.807) is 30.7 Å². The van der Waals surface area contributed by atoms with Gasteiger partial charge in [0.15, 0.2) is 11.5 Å². The van der Waals surface area contributed by atoms with Crippen molar-refractivity contribution in [2.45, 2.75) is 25.3 Å². The molecule has 2 aromatic carbocycles. The molecule has 1 aliphatic carbocycles. The molecule has 0 bridgehead atoms. The highest BCUT2D eigenvalue weighted by atomic mass is 35.5. The van der Waals surface area contributed by atoms with E-state index < -0.39 is 0 Å². The lowest BCUT2D eigenvalue weighted by Gasteiger charge is -2.17. The molecule has 0 spiro atoms. The molecule has 6 rings (SSSR count). The van der Waals surface area contributed by atoms with Crippen molar-refractivity contribution in [3.63, 3.8) is 0 Å². The van der Waals surface area contributed by atoms with E-state index >= 15 is 0 Å². The summed E-state index contributed by atoms with van der Waals surface area (Å²) in [6.07, 6.45) is 7.76. The monoisotopic (exact) mass is 534 g/mol. The fraction of sp³-hybridized carbons (Fsp3) is 0.259. The number of pyridine rings is 1. The van der Waals surface area contributed by atoms with Crippen molar-refractivity contribution in [3.05, 3.63) is 64.5 Å². The second kappa shape index (κ2) is 9.45. The van der Waals surface area contributed by atoms with E-state index in [-0.39, 0.29) is 33.5 Å². The number of benzene rings is 2. The lowest BCUT2D eigenvalue weighted by molar-refractivity contribution is 0.0968. The number of ketones is 1. The summed E-state index contributed by atoms with van der Waals surface area (Å²) in [6, 6.07) is 9.16. The molecule has 0 radical (unpaired) electrons. The summed E-state index contributed by atoms with van der Waals surface area (Å²) in [7, 11) is 0. The van der Waals surface area contributed by atoms with Crippen LogP contribution in [-0.2, 0) is 0 Å². The van der Waals surface area contributed by atoms with Crippen molar-refractivity contribution in [1.82, 2.24) is 15.0 Å². The number of phenols is 1. The second-order valence-electron chi connectivity index (χ2n) is 9.60. The van der Waals surface area contributed by atoms with E-state index in [2.05, 4.69) is 25.2 Å². The Kier molecular flexibility index (Phi) is 6.10. The molecule has 1 atom stereocenters. The molecule has 4 aromatic rings. The quantitative estimate of drug-likeness (QED) is 0.274. The van der Waals surface area contributed by atoms with Crippen molar-refractivity contribution < 1.29 is 9.90 Å². The average molecular weight is 535 g/mol. The highest BCUT2D eigenvalue weighted by Crippen LogP contribution is 2.40. The molecule has 1 saturated heterocycles. The number of halogens is 2. The number of phenolic OH excluding ortho intramolecular Hbond substituents is 1. The van der Waals surface area contributed by atoms with Gasteiger partial charge in [-0.3, -0.25) is 9.78 Å². The minimum Gasteiger partial charge on any atom is -0.505 e. The summed E-state index contributed by atoms with van der Waals surface area (Å²) < 4.78 is 0. The van der Waals surface area contributed by atoms with Gasteiger partial charge in [-0.2, -0.15) is 0 Å². The van der Waals surface area contributed by atoms with Crippen LogP contribution in [0.4, 0.5) is 17.3 Å². The zero-order chi connectivity index (χ0) is 25.7. The molecule has 1 saturated carbocycles. The Bertz CT molecular complexity index is 1500. The van der Waals surface area contributed by atoms with Crippen molar-refractivity contribution in [3.8, 4) is 16.9 Å². The zero-order valence-electron chi connectivity index (χ0n) is 19.8. The number of nitrogens with zero attached hydrogens (tertiary/aromatic N) is 4. The van der Waals surface area contributed by atoms with Gasteiger partial charge in [0, 0.05) is 36.6 Å². The number of fused-ring (bicyclic) bond motifs is 1. The minimum absolute atomic E-state index is 0.0238. The zero-order valence-corrected chi connectivity index (χ0v) is 21.3. The van der Waals surface area contributed by atoms with Crippen LogP contribution in [0.25, 0.3) is 22.0 Å². The maximum absolute atomic E-state index is 13.2. The number of rotatable bonds is 6. The number of aromatic hydroxyl groups is 1. The largest absolute Gasteiger partial charge is 0.505 e. The Hall–Kier alpha value is -3.46. The van der Waals surface area contributed by atoms with Gasteiger partial charge in [0.2, 0.25) is 5.95 Å². The number of carbonyl (C=O) groups excluding carboxylic acids is 1. The van der Waals surface area contributed by atoms with Crippen LogP contribution >= 0.6 is 23.2 Å². The molecule has 8 nitrogen and oxygen atoms in total. The molecule has 188 valence electrons. The maximum atomic E-state index is 13.2. The predicted octanol–water partition coefficient (Wildman–Crippen LogP) is 5.58. The number of hydrogen-bond acceptors (Lipinski definition) is 8. The number of anilines is 3. The molecule has 4 N–H and O–H groups in total. The van der Waals surface area contributed by atoms with E-state index in [1.807, 2.05) is 18.2 Å². The van der Waals surface area contributed by atoms with Crippen molar-refractivity contribution >= 4 is 57.2 Å². The molecule has 2 fully saturated rings. The predicted molar refractivity (Wildman–Crippen MR) is 146 cm³/mol. The smallest absolute Gasteiger partial charge is 0.225 e. The summed E-state index contributed by atoms with van der Waals surface area (Å²) in [6.45, 7) is 1.56. The second-order valence-corrected chi connectivity index (χ2v) is 10.4. The van der Waals surface area contributed by atoms with E-state index in [1.165, 1.54) is 0 Å². The van der Waals surface area contributed by atoms with Crippen molar-refractivity contribution in [1.29, 1.82) is 0 Å². The lowest BCUT2D eigenvalue weighted by Crippen LogP contribution is -2.27. The van der Waals surface area contributed by atoms with Crippen LogP contribution in [0.2, 0.25) is 10.0 Å². The van der Waals surface area contributed by atoms with Gasteiger partial charge in [-0.15, -0.1) is 0 Å². The van der Waals surface area contributed by atoms with Gasteiger partial charge in [0.25, 0.3) is 0 Å². The Morgan fingerprint density at radius 3 is 2.38 bits per heavy atom. The summed E-state index contributed by atoms with van der Waals surface area (Å²) in [5, 5.41) is 14.5. The third-order valence-corrected chi connectivity index (χ3v) is 7.42. The van der Waals surface area contributed by atoms with Crippen LogP contribution in [0, 0.1) is 5.92 Å². The summed E-state index contributed by atoms with van der Waals surface area (Å²) in [5.74, 6) is 0.571. The number of Topliss-reactive ketones (excluding diaryl/α,β-unsaturated/α-hetero) is 1. The molecule has 1 unspecified atom stereocenters. The summed E-state index contributed by atoms with van der Waals surface area (Å²) in [5.41, 5.74) is 10.1. The first-order valence-electron chi connectivity index (χ1n) is 12.1. The Balaban J connectivity index is 1.42. The molecular weight excluding hydrogens is 511 g/mol. The Morgan fingerprint density at radius 2 is 1.73 bits per heavy atom. The molecule has 0 amide bonds. The van der Waals surface area contributed by atoms with E-state index in [0.29, 0.717) is 22.9 Å². The fourth-order valence-corrected chi connectivity index (χ4v) is 5.14. The van der Waals surface area contributed by atoms with Gasteiger partial charge in [0.1, 0.15) is 0 Å². The molecule has 10 heteroatoms. The number of carbonyl (C=O) groups is 1. The number of hydrogen-bond donors (Lipinski definition) is 3. The van der Waals surface area contributed by atoms with Gasteiger partial charge in [-0.1, -0.05) is 29.3 Å². The topological polar surface area (TPSA) is 117 Å². The van der Waals surface area contributed by atoms with Crippen LogP contribution < -0.4 is 16.0 Å². The molecule has 2 aromatic heterocycles. The van der Waals surface area contributed by atoms with Crippen LogP contribution in [0.15, 0.2) is 48.9 Å². The lowest BCUT2D eigenvalue weighted by atomic mass is 9.99. The fourth-order valence-electron chi connectivity index (χ4n) is 4.65. The number of aromatic nitrogens is 3. The molecule has 37 heavy (non-hydrogen) atoms. The molecule has 3 heterocycles. The summed E-state index contributed by atoms with van der Waals surface area (Å²) >= 11 is 12.3. The van der Waals surface area contributed by atoms with E-state index in [4.69, 9.17) is 28.9 Å². The maximum Gasteiger partial charge on any atom is 0.225 e. The van der Waals surface area contributed by atoms with Gasteiger partial charge < -0.3 is 21.1 Å². The van der Waals surface area contributed by atoms with E-state index in [9.17, 15) is 9.90 Å². The summed E-state index contributed by atoms with van der Waals surface area (Å²) in [4.78, 5) is 28.9. The van der Waals surface area contributed by atoms with Crippen molar-refractivity contribution in [2.75, 3.05) is 23.3 Å². The van der Waals surface area contributed by atoms with Gasteiger partial charge >= 0.3 is 0 Å². The number of nitrogens with one attached hydrogen (secondary N) is 1. The Morgan fingerprint density at radius 1 is 1.00 bits per heavy atom. The number of nitrogens with two attached hydrogens (primary N) is 1. The highest BCUT2D eigenvalue weighted by molar-refractivity contribution is 6.37. The third-order valence-electron chi connectivity index (χ3n) is 6.85. The molecule has 2 aliphatic rings. The first-order valence-corrected chi connectivity index (χ1v) is 12.9. The van der Waals surface area contributed by atoms with E-state index in [0.717, 1.165) is 54.4 Å². The van der Waals surface area contributed by atoms with Crippen LogP contribution in [0.5, 0.6) is 5.75 Å². The third kappa shape index (κ3) is 4.68. The minimum atomic E-state index is -0.159. The van der Waals surface area contributed by atoms with Crippen LogP contribution in [0.1, 0.15) is 29.6 Å². The Labute approximate surface area is 223 Å². The highest BCUT2D eigenvalue weighted by Gasteiger charge is 2.32. The van der Waals surface area contributed by atoms with Gasteiger partial charge in [-0.25, -0.2) is 9.97 Å². The van der Waals surface area contributed by atoms with Crippen LogP contribution in [-0.4, -0.2) is 45.0 Å². The standard InChI is InChI=1S/C27H24Cl2N6O2/c28-21-8-16(9-22(29)26(21)37)15-3-4-23-19(7-15)24(20(12-31-23)25(36)14-1-2-14)34-18-10-32-27(33-11-18)35-6-5-17(30)13-35/h3-4,7-12,14,17,37H,1-2,5-6,13,30H2,(H,31,34). The first kappa shape index (κ1) is 23.9.